The molecule has 0 saturated heterocycles. The Morgan fingerprint density at radius 2 is 2.32 bits per heavy atom. The largest absolute Gasteiger partial charge is 0.271 e. The Bertz CT molecular complexity index is 526. The van der Waals surface area contributed by atoms with Crippen molar-refractivity contribution in [1.29, 1.82) is 0 Å². The Balaban J connectivity index is 2.19. The van der Waals surface area contributed by atoms with Gasteiger partial charge in [-0.25, -0.2) is 4.98 Å². The molecule has 2 heterocycles. The molecule has 2 aromatic heterocycles. The zero-order chi connectivity index (χ0) is 13.7. The van der Waals surface area contributed by atoms with E-state index in [9.17, 15) is 0 Å². The Morgan fingerprint density at radius 3 is 3.00 bits per heavy atom. The molecule has 0 aliphatic carbocycles. The third-order valence-corrected chi connectivity index (χ3v) is 3.51. The van der Waals surface area contributed by atoms with Crippen LogP contribution in [0.1, 0.15) is 30.9 Å². The van der Waals surface area contributed by atoms with E-state index in [1.807, 2.05) is 16.8 Å². The molecule has 0 aliphatic rings. The third kappa shape index (κ3) is 3.37. The number of aromatic nitrogens is 4. The zero-order valence-electron chi connectivity index (χ0n) is 10.8. The highest BCUT2D eigenvalue weighted by atomic mass is 79.9. The second-order valence-corrected chi connectivity index (χ2v) is 5.05. The predicted octanol–water partition coefficient (Wildman–Crippen LogP) is 1.59. The van der Waals surface area contributed by atoms with Crippen molar-refractivity contribution < 1.29 is 0 Å². The van der Waals surface area contributed by atoms with Gasteiger partial charge in [0.25, 0.3) is 0 Å². The first-order chi connectivity index (χ1) is 9.26. The Kier molecular flexibility index (Phi) is 5.00. The minimum absolute atomic E-state index is 0.101. The van der Waals surface area contributed by atoms with Crippen LogP contribution in [0.5, 0.6) is 0 Å². The number of nitrogens with two attached hydrogens (primary N) is 1. The van der Waals surface area contributed by atoms with Crippen molar-refractivity contribution in [2.24, 2.45) is 5.84 Å². The van der Waals surface area contributed by atoms with E-state index < -0.39 is 0 Å². The average Bonchev–Trinajstić information content (AvgIpc) is 2.85. The SMILES string of the molecule is CCCn1ncnc1CC(NN)c1ncccc1Br. The highest BCUT2D eigenvalue weighted by molar-refractivity contribution is 9.10. The van der Waals surface area contributed by atoms with Crippen molar-refractivity contribution in [2.75, 3.05) is 0 Å². The molecular formula is C12H17BrN6. The fourth-order valence-corrected chi connectivity index (χ4v) is 2.45. The summed E-state index contributed by atoms with van der Waals surface area (Å²) in [5.41, 5.74) is 3.66. The number of halogens is 1. The molecule has 6 nitrogen and oxygen atoms in total. The molecule has 7 heteroatoms. The summed E-state index contributed by atoms with van der Waals surface area (Å²) in [5.74, 6) is 6.55. The van der Waals surface area contributed by atoms with E-state index in [0.717, 1.165) is 29.0 Å². The van der Waals surface area contributed by atoms with Crippen LogP contribution in [-0.2, 0) is 13.0 Å². The molecule has 0 aromatic carbocycles. The Hall–Kier alpha value is -1.31. The average molecular weight is 325 g/mol. The number of rotatable bonds is 6. The van der Waals surface area contributed by atoms with Crippen LogP contribution in [0.4, 0.5) is 0 Å². The standard InChI is InChI=1S/C12H17BrN6/c1-2-6-19-11(16-8-17-19)7-10(18-14)12-9(13)4-3-5-15-12/h3-5,8,10,18H,2,6-7,14H2,1H3. The first-order valence-corrected chi connectivity index (χ1v) is 6.98. The fraction of sp³-hybridized carbons (Fsp3) is 0.417. The molecule has 2 aromatic rings. The number of nitrogens with zero attached hydrogens (tertiary/aromatic N) is 4. The molecule has 0 amide bonds. The molecule has 19 heavy (non-hydrogen) atoms. The van der Waals surface area contributed by atoms with Crippen molar-refractivity contribution in [1.82, 2.24) is 25.2 Å². The monoisotopic (exact) mass is 324 g/mol. The summed E-state index contributed by atoms with van der Waals surface area (Å²) in [7, 11) is 0. The lowest BCUT2D eigenvalue weighted by Gasteiger charge is -2.16. The van der Waals surface area contributed by atoms with Gasteiger partial charge in [0.2, 0.25) is 0 Å². The Labute approximate surface area is 120 Å². The number of hydrogen-bond donors (Lipinski definition) is 2. The third-order valence-electron chi connectivity index (χ3n) is 2.84. The molecule has 2 rings (SSSR count). The van der Waals surface area contributed by atoms with Crippen molar-refractivity contribution in [3.63, 3.8) is 0 Å². The van der Waals surface area contributed by atoms with Gasteiger partial charge >= 0.3 is 0 Å². The quantitative estimate of drug-likeness (QED) is 0.623. The van der Waals surface area contributed by atoms with Gasteiger partial charge in [0.1, 0.15) is 12.2 Å². The van der Waals surface area contributed by atoms with E-state index in [-0.39, 0.29) is 6.04 Å². The van der Waals surface area contributed by atoms with E-state index in [1.165, 1.54) is 0 Å². The van der Waals surface area contributed by atoms with Crippen molar-refractivity contribution in [3.05, 3.63) is 40.6 Å². The summed E-state index contributed by atoms with van der Waals surface area (Å²) in [5, 5.41) is 4.21. The summed E-state index contributed by atoms with van der Waals surface area (Å²) < 4.78 is 2.83. The summed E-state index contributed by atoms with van der Waals surface area (Å²) in [4.78, 5) is 8.65. The molecule has 1 atom stereocenters. The van der Waals surface area contributed by atoms with Gasteiger partial charge in [-0.1, -0.05) is 6.92 Å². The molecule has 102 valence electrons. The van der Waals surface area contributed by atoms with Gasteiger partial charge in [0.15, 0.2) is 0 Å². The van der Waals surface area contributed by atoms with Crippen LogP contribution < -0.4 is 11.3 Å². The summed E-state index contributed by atoms with van der Waals surface area (Å²) in [6.45, 7) is 2.97. The van der Waals surface area contributed by atoms with Crippen LogP contribution in [0, 0.1) is 0 Å². The lowest BCUT2D eigenvalue weighted by Crippen LogP contribution is -2.31. The van der Waals surface area contributed by atoms with Gasteiger partial charge in [0.05, 0.1) is 11.7 Å². The molecule has 0 fully saturated rings. The second-order valence-electron chi connectivity index (χ2n) is 4.19. The smallest absolute Gasteiger partial charge is 0.138 e. The second kappa shape index (κ2) is 6.74. The molecule has 3 N–H and O–H groups in total. The van der Waals surface area contributed by atoms with Crippen molar-refractivity contribution in [2.45, 2.75) is 32.4 Å². The van der Waals surface area contributed by atoms with E-state index in [1.54, 1.807) is 12.5 Å². The van der Waals surface area contributed by atoms with E-state index in [4.69, 9.17) is 5.84 Å². The van der Waals surface area contributed by atoms with Crippen molar-refractivity contribution in [3.8, 4) is 0 Å². The molecule has 0 spiro atoms. The topological polar surface area (TPSA) is 81.7 Å². The summed E-state index contributed by atoms with van der Waals surface area (Å²) in [6, 6.07) is 3.72. The minimum Gasteiger partial charge on any atom is -0.271 e. The van der Waals surface area contributed by atoms with Crippen LogP contribution >= 0.6 is 15.9 Å². The molecular weight excluding hydrogens is 308 g/mol. The number of hydrazine groups is 1. The number of pyridine rings is 1. The van der Waals surface area contributed by atoms with Crippen LogP contribution in [0.2, 0.25) is 0 Å². The molecule has 0 aliphatic heterocycles. The van der Waals surface area contributed by atoms with E-state index in [0.29, 0.717) is 6.42 Å². The number of hydrogen-bond acceptors (Lipinski definition) is 5. The molecule has 0 bridgehead atoms. The zero-order valence-corrected chi connectivity index (χ0v) is 12.3. The first-order valence-electron chi connectivity index (χ1n) is 6.19. The fourth-order valence-electron chi connectivity index (χ4n) is 1.92. The first kappa shape index (κ1) is 14.1. The summed E-state index contributed by atoms with van der Waals surface area (Å²) >= 11 is 3.49. The van der Waals surface area contributed by atoms with Crippen LogP contribution in [0.3, 0.4) is 0 Å². The van der Waals surface area contributed by atoms with E-state index in [2.05, 4.69) is 43.3 Å². The van der Waals surface area contributed by atoms with Gasteiger partial charge in [-0.2, -0.15) is 5.10 Å². The number of nitrogens with one attached hydrogen (secondary N) is 1. The van der Waals surface area contributed by atoms with Gasteiger partial charge in [0, 0.05) is 23.6 Å². The van der Waals surface area contributed by atoms with Crippen LogP contribution in [-0.4, -0.2) is 19.7 Å². The van der Waals surface area contributed by atoms with E-state index >= 15 is 0 Å². The molecule has 0 radical (unpaired) electrons. The molecule has 1 unspecified atom stereocenters. The normalized spacial score (nSPS) is 12.6. The summed E-state index contributed by atoms with van der Waals surface area (Å²) in [6.07, 6.45) is 4.99. The van der Waals surface area contributed by atoms with Crippen molar-refractivity contribution >= 4 is 15.9 Å². The predicted molar refractivity (Wildman–Crippen MR) is 76.0 cm³/mol. The van der Waals surface area contributed by atoms with Crippen LogP contribution in [0.25, 0.3) is 0 Å². The minimum atomic E-state index is -0.101. The lowest BCUT2D eigenvalue weighted by atomic mass is 10.1. The number of aryl methyl sites for hydroxylation is 1. The highest BCUT2D eigenvalue weighted by Crippen LogP contribution is 2.22. The highest BCUT2D eigenvalue weighted by Gasteiger charge is 2.17. The maximum absolute atomic E-state index is 5.65. The maximum atomic E-state index is 5.65. The van der Waals surface area contributed by atoms with Crippen LogP contribution in [0.15, 0.2) is 29.1 Å². The van der Waals surface area contributed by atoms with Gasteiger partial charge in [-0.15, -0.1) is 0 Å². The van der Waals surface area contributed by atoms with Gasteiger partial charge in [-0.3, -0.25) is 20.9 Å². The lowest BCUT2D eigenvalue weighted by molar-refractivity contribution is 0.490. The van der Waals surface area contributed by atoms with Gasteiger partial charge < -0.3 is 0 Å². The molecule has 0 saturated carbocycles. The van der Waals surface area contributed by atoms with Gasteiger partial charge in [-0.05, 0) is 34.5 Å². The maximum Gasteiger partial charge on any atom is 0.138 e. The Morgan fingerprint density at radius 1 is 1.47 bits per heavy atom.